The Hall–Kier alpha value is -1.18. The summed E-state index contributed by atoms with van der Waals surface area (Å²) in [7, 11) is 0. The third kappa shape index (κ3) is 3.83. The fourth-order valence-corrected chi connectivity index (χ4v) is 0.611. The second-order valence-corrected chi connectivity index (χ2v) is 2.40. The van der Waals surface area contributed by atoms with Crippen molar-refractivity contribution in [3.8, 4) is 0 Å². The van der Waals surface area contributed by atoms with Gasteiger partial charge in [-0.05, 0) is 0 Å². The maximum Gasteiger partial charge on any atom is 0.119 e. The van der Waals surface area contributed by atoms with Crippen LogP contribution < -0.4 is 10.2 Å². The highest BCUT2D eigenvalue weighted by Gasteiger charge is 2.21. The number of carbonyl (C=O) groups excluding carboxylic acids is 2. The number of carboxylic acids is 2. The number of carboxylic acid groups (broad SMARTS) is 2. The van der Waals surface area contributed by atoms with Gasteiger partial charge in [-0.15, -0.1) is 0 Å². The highest BCUT2D eigenvalue weighted by Crippen LogP contribution is 2.02. The lowest BCUT2D eigenvalue weighted by Gasteiger charge is -2.21. The zero-order valence-corrected chi connectivity index (χ0v) is 6.41. The summed E-state index contributed by atoms with van der Waals surface area (Å²) in [5.74, 6) is -3.80. The number of aliphatic hydroxyl groups is 3. The van der Waals surface area contributed by atoms with Gasteiger partial charge in [-0.3, -0.25) is 0 Å². The Morgan fingerprint density at radius 2 is 1.54 bits per heavy atom. The Morgan fingerprint density at radius 1 is 1.08 bits per heavy atom. The highest BCUT2D eigenvalue weighted by molar-refractivity contribution is 5.71. The molecule has 0 saturated heterocycles. The van der Waals surface area contributed by atoms with Gasteiger partial charge < -0.3 is 35.1 Å². The summed E-state index contributed by atoms with van der Waals surface area (Å²) >= 11 is 0. The predicted octanol–water partition coefficient (Wildman–Crippen LogP) is -5.04. The van der Waals surface area contributed by atoms with E-state index in [9.17, 15) is 19.8 Å². The fourth-order valence-electron chi connectivity index (χ4n) is 0.611. The molecule has 3 unspecified atom stereocenters. The van der Waals surface area contributed by atoms with E-state index in [4.69, 9.17) is 15.3 Å². The van der Waals surface area contributed by atoms with Gasteiger partial charge >= 0.3 is 0 Å². The van der Waals surface area contributed by atoms with Crippen LogP contribution in [0.1, 0.15) is 6.42 Å². The molecular weight excluding hydrogens is 184 g/mol. The molecule has 0 heterocycles. The van der Waals surface area contributed by atoms with Gasteiger partial charge in [-0.25, -0.2) is 0 Å². The molecule has 0 aromatic carbocycles. The first-order valence-electron chi connectivity index (χ1n) is 3.32. The molecule has 0 aliphatic carbocycles. The molecule has 0 saturated carbocycles. The van der Waals surface area contributed by atoms with Gasteiger partial charge in [-0.2, -0.15) is 0 Å². The minimum Gasteiger partial charge on any atom is -0.547 e. The van der Waals surface area contributed by atoms with Gasteiger partial charge in [0.05, 0.1) is 24.1 Å². The molecule has 0 rings (SSSR count). The molecule has 7 nitrogen and oxygen atoms in total. The minimum atomic E-state index is -2.23. The topological polar surface area (TPSA) is 141 Å². The Morgan fingerprint density at radius 3 is 1.85 bits per heavy atom. The molecule has 0 amide bonds. The average molecular weight is 192 g/mol. The molecule has 7 heteroatoms. The summed E-state index contributed by atoms with van der Waals surface area (Å²) < 4.78 is 0. The van der Waals surface area contributed by atoms with Crippen LogP contribution in [0.5, 0.6) is 0 Å². The second kappa shape index (κ2) is 4.75. The van der Waals surface area contributed by atoms with E-state index in [2.05, 4.69) is 0 Å². The molecular formula is C6H8O7-2. The number of aliphatic carboxylic acids is 2. The Labute approximate surface area is 72.9 Å². The van der Waals surface area contributed by atoms with Gasteiger partial charge in [0.1, 0.15) is 6.10 Å². The van der Waals surface area contributed by atoms with E-state index in [-0.39, 0.29) is 0 Å². The number of hydrogen-bond donors (Lipinski definition) is 3. The molecule has 13 heavy (non-hydrogen) atoms. The maximum atomic E-state index is 9.93. The SMILES string of the molecule is O=C([O-])C(O)CC(O)C(O)C(=O)[O-]. The van der Waals surface area contributed by atoms with Crippen molar-refractivity contribution in [2.45, 2.75) is 24.7 Å². The molecule has 3 atom stereocenters. The molecule has 0 aromatic rings. The molecule has 0 bridgehead atoms. The third-order valence-electron chi connectivity index (χ3n) is 1.34. The monoisotopic (exact) mass is 192 g/mol. The number of aliphatic hydroxyl groups excluding tert-OH is 3. The van der Waals surface area contributed by atoms with Crippen LogP contribution >= 0.6 is 0 Å². The molecule has 76 valence electrons. The van der Waals surface area contributed by atoms with Crippen molar-refractivity contribution in [2.75, 3.05) is 0 Å². The van der Waals surface area contributed by atoms with E-state index >= 15 is 0 Å². The summed E-state index contributed by atoms with van der Waals surface area (Å²) in [5.41, 5.74) is 0. The predicted molar refractivity (Wildman–Crippen MR) is 32.7 cm³/mol. The van der Waals surface area contributed by atoms with Crippen molar-refractivity contribution < 1.29 is 35.1 Å². The number of rotatable bonds is 5. The largest absolute Gasteiger partial charge is 0.547 e. The Bertz CT molecular complexity index is 201. The first kappa shape index (κ1) is 11.8. The molecule has 0 aliphatic heterocycles. The quantitative estimate of drug-likeness (QED) is 0.395. The number of hydrogen-bond acceptors (Lipinski definition) is 7. The van der Waals surface area contributed by atoms with Crippen molar-refractivity contribution in [1.82, 2.24) is 0 Å². The average Bonchev–Trinajstić information content (AvgIpc) is 2.02. The van der Waals surface area contributed by atoms with E-state index in [1.165, 1.54) is 0 Å². The summed E-state index contributed by atoms with van der Waals surface area (Å²) in [4.78, 5) is 19.8. The van der Waals surface area contributed by atoms with Crippen molar-refractivity contribution >= 4 is 11.9 Å². The van der Waals surface area contributed by atoms with Gasteiger partial charge in [0.25, 0.3) is 0 Å². The molecule has 0 aromatic heterocycles. The molecule has 3 N–H and O–H groups in total. The maximum absolute atomic E-state index is 9.93. The van der Waals surface area contributed by atoms with Gasteiger partial charge in [0, 0.05) is 6.42 Å². The zero-order chi connectivity index (χ0) is 10.6. The van der Waals surface area contributed by atoms with E-state index in [0.29, 0.717) is 0 Å². The first-order chi connectivity index (χ1) is 5.86. The second-order valence-electron chi connectivity index (χ2n) is 2.40. The van der Waals surface area contributed by atoms with Crippen LogP contribution in [0.3, 0.4) is 0 Å². The normalized spacial score (nSPS) is 17.5. The van der Waals surface area contributed by atoms with E-state index < -0.39 is 36.7 Å². The van der Waals surface area contributed by atoms with Crippen molar-refractivity contribution in [3.05, 3.63) is 0 Å². The first-order valence-corrected chi connectivity index (χ1v) is 3.32. The van der Waals surface area contributed by atoms with Crippen molar-refractivity contribution in [3.63, 3.8) is 0 Å². The fraction of sp³-hybridized carbons (Fsp3) is 0.667. The Kier molecular flexibility index (Phi) is 4.32. The van der Waals surface area contributed by atoms with Crippen LogP contribution in [-0.2, 0) is 9.59 Å². The summed E-state index contributed by atoms with van der Waals surface area (Å²) in [6, 6.07) is 0. The summed E-state index contributed by atoms with van der Waals surface area (Å²) in [6.07, 6.45) is -6.99. The molecule has 0 radical (unpaired) electrons. The summed E-state index contributed by atoms with van der Waals surface area (Å²) in [6.45, 7) is 0. The van der Waals surface area contributed by atoms with Crippen LogP contribution in [0.25, 0.3) is 0 Å². The van der Waals surface area contributed by atoms with Gasteiger partial charge in [0.2, 0.25) is 0 Å². The van der Waals surface area contributed by atoms with E-state index in [1.54, 1.807) is 0 Å². The zero-order valence-electron chi connectivity index (χ0n) is 6.41. The van der Waals surface area contributed by atoms with Gasteiger partial charge in [-0.1, -0.05) is 0 Å². The van der Waals surface area contributed by atoms with Crippen molar-refractivity contribution in [2.24, 2.45) is 0 Å². The standard InChI is InChI=1S/C6H10O7/c7-2(4(9)6(12)13)1-3(8)5(10)11/h2-4,7-9H,1H2,(H,10,11)(H,12,13)/p-2. The van der Waals surface area contributed by atoms with Gasteiger partial charge in [0.15, 0.2) is 0 Å². The molecule has 0 fully saturated rings. The lowest BCUT2D eigenvalue weighted by Crippen LogP contribution is -2.46. The minimum absolute atomic E-state index is 0.836. The third-order valence-corrected chi connectivity index (χ3v) is 1.34. The Balaban J connectivity index is 4.06. The van der Waals surface area contributed by atoms with Crippen LogP contribution in [0.2, 0.25) is 0 Å². The smallest absolute Gasteiger partial charge is 0.119 e. The van der Waals surface area contributed by atoms with Crippen molar-refractivity contribution in [1.29, 1.82) is 0 Å². The lowest BCUT2D eigenvalue weighted by atomic mass is 10.1. The van der Waals surface area contributed by atoms with Crippen LogP contribution in [0.15, 0.2) is 0 Å². The van der Waals surface area contributed by atoms with E-state index in [0.717, 1.165) is 0 Å². The van der Waals surface area contributed by atoms with E-state index in [1.807, 2.05) is 0 Å². The summed E-state index contributed by atoms with van der Waals surface area (Å²) in [5, 5.41) is 45.8. The van der Waals surface area contributed by atoms with Crippen LogP contribution in [0.4, 0.5) is 0 Å². The molecule has 0 spiro atoms. The lowest BCUT2D eigenvalue weighted by molar-refractivity contribution is -0.322. The van der Waals surface area contributed by atoms with Crippen LogP contribution in [0, 0.1) is 0 Å². The number of carbonyl (C=O) groups is 2. The highest BCUT2D eigenvalue weighted by atomic mass is 16.4. The molecule has 0 aliphatic rings. The van der Waals surface area contributed by atoms with Crippen LogP contribution in [-0.4, -0.2) is 45.6 Å².